The summed E-state index contributed by atoms with van der Waals surface area (Å²) in [7, 11) is 0. The van der Waals surface area contributed by atoms with Gasteiger partial charge >= 0.3 is 0 Å². The molecule has 0 radical (unpaired) electrons. The molecule has 0 spiro atoms. The van der Waals surface area contributed by atoms with Gasteiger partial charge in [-0.15, -0.1) is 12.4 Å². The van der Waals surface area contributed by atoms with Crippen LogP contribution in [0.5, 0.6) is 0 Å². The number of thioether (sulfide) groups is 1. The second-order valence-corrected chi connectivity index (χ2v) is 4.17. The molecule has 0 aliphatic carbocycles. The van der Waals surface area contributed by atoms with E-state index in [2.05, 4.69) is 0 Å². The van der Waals surface area contributed by atoms with Gasteiger partial charge in [0.15, 0.2) is 0 Å². The molecule has 11 heavy (non-hydrogen) atoms. The summed E-state index contributed by atoms with van der Waals surface area (Å²) in [5, 5.41) is 8.70. The van der Waals surface area contributed by atoms with Gasteiger partial charge in [-0.3, -0.25) is 0 Å². The number of nitrogens with two attached hydrogens (primary N) is 1. The van der Waals surface area contributed by atoms with Crippen molar-refractivity contribution in [1.29, 1.82) is 0 Å². The quantitative estimate of drug-likeness (QED) is 0.695. The van der Waals surface area contributed by atoms with Crippen LogP contribution in [0.25, 0.3) is 0 Å². The molecular weight excluding hydrogens is 182 g/mol. The molecule has 0 saturated carbocycles. The van der Waals surface area contributed by atoms with Gasteiger partial charge in [-0.25, -0.2) is 0 Å². The second-order valence-electron chi connectivity index (χ2n) is 2.95. The van der Waals surface area contributed by atoms with E-state index in [1.54, 1.807) is 0 Å². The van der Waals surface area contributed by atoms with Crippen LogP contribution < -0.4 is 5.73 Å². The van der Waals surface area contributed by atoms with E-state index >= 15 is 0 Å². The van der Waals surface area contributed by atoms with Crippen LogP contribution >= 0.6 is 24.2 Å². The highest BCUT2D eigenvalue weighted by Gasteiger charge is 2.26. The summed E-state index contributed by atoms with van der Waals surface area (Å²) in [6.45, 7) is 0.237. The minimum atomic E-state index is -0.0417. The Labute approximate surface area is 78.3 Å². The molecule has 0 aromatic carbocycles. The molecule has 1 aliphatic rings. The van der Waals surface area contributed by atoms with E-state index in [-0.39, 0.29) is 24.6 Å². The predicted molar refractivity (Wildman–Crippen MR) is 52.4 cm³/mol. The molecule has 3 N–H and O–H groups in total. The third-order valence-corrected chi connectivity index (χ3v) is 3.08. The summed E-state index contributed by atoms with van der Waals surface area (Å²) in [5.74, 6) is 2.33. The zero-order valence-corrected chi connectivity index (χ0v) is 8.22. The van der Waals surface area contributed by atoms with Crippen molar-refractivity contribution >= 4 is 24.2 Å². The highest BCUT2D eigenvalue weighted by atomic mass is 35.5. The van der Waals surface area contributed by atoms with Gasteiger partial charge in [-0.2, -0.15) is 11.8 Å². The summed E-state index contributed by atoms with van der Waals surface area (Å²) in [5.41, 5.74) is 5.95. The van der Waals surface area contributed by atoms with Crippen LogP contribution in [0.15, 0.2) is 0 Å². The standard InChI is InChI=1S/C7H15NOS.ClH/c8-7(1-4-9)2-5-10-6-3-7;/h9H,1-6,8H2;1H. The fraction of sp³-hybridized carbons (Fsp3) is 1.00. The molecule has 2 nitrogen and oxygen atoms in total. The van der Waals surface area contributed by atoms with Crippen LogP contribution in [-0.2, 0) is 0 Å². The van der Waals surface area contributed by atoms with E-state index in [1.807, 2.05) is 11.8 Å². The first-order valence-electron chi connectivity index (χ1n) is 3.74. The third-order valence-electron chi connectivity index (χ3n) is 2.10. The molecule has 68 valence electrons. The largest absolute Gasteiger partial charge is 0.396 e. The normalized spacial score (nSPS) is 22.4. The van der Waals surface area contributed by atoms with Gasteiger partial charge in [0.05, 0.1) is 0 Å². The van der Waals surface area contributed by atoms with Crippen molar-refractivity contribution in [1.82, 2.24) is 0 Å². The van der Waals surface area contributed by atoms with Crippen molar-refractivity contribution in [2.75, 3.05) is 18.1 Å². The lowest BCUT2D eigenvalue weighted by molar-refractivity contribution is 0.230. The highest BCUT2D eigenvalue weighted by Crippen LogP contribution is 2.26. The Balaban J connectivity index is 0.000001000. The fourth-order valence-corrected chi connectivity index (χ4v) is 2.56. The Morgan fingerprint density at radius 3 is 2.36 bits per heavy atom. The van der Waals surface area contributed by atoms with Crippen LogP contribution in [0, 0.1) is 0 Å². The molecule has 0 unspecified atom stereocenters. The van der Waals surface area contributed by atoms with E-state index in [9.17, 15) is 0 Å². The predicted octanol–water partition coefficient (Wildman–Crippen LogP) is 1.02. The molecule has 1 aliphatic heterocycles. The molecule has 0 bridgehead atoms. The molecule has 0 aromatic rings. The number of halogens is 1. The van der Waals surface area contributed by atoms with Crippen LogP contribution in [0.3, 0.4) is 0 Å². The molecule has 1 fully saturated rings. The summed E-state index contributed by atoms with van der Waals surface area (Å²) in [6.07, 6.45) is 2.91. The summed E-state index contributed by atoms with van der Waals surface area (Å²) < 4.78 is 0. The Bertz CT molecular complexity index is 101. The fourth-order valence-electron chi connectivity index (χ4n) is 1.25. The average molecular weight is 198 g/mol. The van der Waals surface area contributed by atoms with Crippen LogP contribution in [-0.4, -0.2) is 28.8 Å². The summed E-state index contributed by atoms with van der Waals surface area (Å²) in [4.78, 5) is 0. The lowest BCUT2D eigenvalue weighted by atomic mass is 9.90. The summed E-state index contributed by atoms with van der Waals surface area (Å²) in [6, 6.07) is 0. The number of hydrogen-bond donors (Lipinski definition) is 2. The lowest BCUT2D eigenvalue weighted by Crippen LogP contribution is -2.43. The smallest absolute Gasteiger partial charge is 0.0448 e. The Morgan fingerprint density at radius 2 is 1.91 bits per heavy atom. The summed E-state index contributed by atoms with van der Waals surface area (Å²) >= 11 is 1.96. The molecule has 4 heteroatoms. The van der Waals surface area contributed by atoms with Gasteiger partial charge in [-0.1, -0.05) is 0 Å². The van der Waals surface area contributed by atoms with Crippen molar-refractivity contribution < 1.29 is 5.11 Å². The van der Waals surface area contributed by atoms with Crippen molar-refractivity contribution in [2.24, 2.45) is 5.73 Å². The van der Waals surface area contributed by atoms with E-state index in [0.717, 1.165) is 30.8 Å². The van der Waals surface area contributed by atoms with Crippen molar-refractivity contribution in [3.8, 4) is 0 Å². The highest BCUT2D eigenvalue weighted by molar-refractivity contribution is 7.99. The molecule has 0 atom stereocenters. The molecule has 1 heterocycles. The van der Waals surface area contributed by atoms with Gasteiger partial charge in [0, 0.05) is 12.1 Å². The SMILES string of the molecule is Cl.NC1(CCO)CCSCC1. The second kappa shape index (κ2) is 5.25. The first-order valence-corrected chi connectivity index (χ1v) is 4.90. The third kappa shape index (κ3) is 3.65. The van der Waals surface area contributed by atoms with E-state index in [0.29, 0.717) is 0 Å². The monoisotopic (exact) mass is 197 g/mol. The van der Waals surface area contributed by atoms with Gasteiger partial charge in [0.1, 0.15) is 0 Å². The van der Waals surface area contributed by atoms with E-state index < -0.39 is 0 Å². The van der Waals surface area contributed by atoms with Gasteiger partial charge < -0.3 is 10.8 Å². The minimum absolute atomic E-state index is 0. The zero-order chi connectivity index (χ0) is 7.45. The number of aliphatic hydroxyl groups excluding tert-OH is 1. The first-order chi connectivity index (χ1) is 4.77. The number of hydrogen-bond acceptors (Lipinski definition) is 3. The number of rotatable bonds is 2. The molecule has 0 amide bonds. The topological polar surface area (TPSA) is 46.2 Å². The van der Waals surface area contributed by atoms with Gasteiger partial charge in [0.25, 0.3) is 0 Å². The minimum Gasteiger partial charge on any atom is -0.396 e. The lowest BCUT2D eigenvalue weighted by Gasteiger charge is -2.32. The molecule has 1 saturated heterocycles. The van der Waals surface area contributed by atoms with Gasteiger partial charge in [0.2, 0.25) is 0 Å². The Morgan fingerprint density at radius 1 is 1.36 bits per heavy atom. The van der Waals surface area contributed by atoms with E-state index in [1.165, 1.54) is 0 Å². The first kappa shape index (κ1) is 11.6. The number of aliphatic hydroxyl groups is 1. The van der Waals surface area contributed by atoms with Crippen LogP contribution in [0.4, 0.5) is 0 Å². The maximum absolute atomic E-state index is 8.70. The maximum atomic E-state index is 8.70. The van der Waals surface area contributed by atoms with Crippen LogP contribution in [0.2, 0.25) is 0 Å². The van der Waals surface area contributed by atoms with Crippen molar-refractivity contribution in [3.63, 3.8) is 0 Å². The molecule has 1 rings (SSSR count). The zero-order valence-electron chi connectivity index (χ0n) is 6.58. The van der Waals surface area contributed by atoms with E-state index in [4.69, 9.17) is 10.8 Å². The van der Waals surface area contributed by atoms with Crippen LogP contribution in [0.1, 0.15) is 19.3 Å². The van der Waals surface area contributed by atoms with Crippen molar-refractivity contribution in [3.05, 3.63) is 0 Å². The molecule has 0 aromatic heterocycles. The maximum Gasteiger partial charge on any atom is 0.0448 e. The molecular formula is C7H16ClNOS. The average Bonchev–Trinajstić information content (AvgIpc) is 1.89. The van der Waals surface area contributed by atoms with Gasteiger partial charge in [-0.05, 0) is 30.8 Å². The Kier molecular flexibility index (Phi) is 5.52. The van der Waals surface area contributed by atoms with Crippen molar-refractivity contribution in [2.45, 2.75) is 24.8 Å². The Hall–Kier alpha value is 0.560.